The number of carbonyl (C=O) groups excluding carboxylic acids is 2. The molecule has 0 aliphatic rings. The number of nitrogens with zero attached hydrogens (tertiary/aromatic N) is 2. The van der Waals surface area contributed by atoms with Crippen molar-refractivity contribution in [1.29, 1.82) is 0 Å². The number of aliphatic carboxylic acids is 2. The van der Waals surface area contributed by atoms with Crippen molar-refractivity contribution >= 4 is 23.9 Å². The standard InChI is InChI=1S/C11H16N4O7.C2H5NO/c1-5(16)9(10(19)20)14-11(21)12-4-7-13-6(15-22-7)2-3-8(17)18;1-2(3)4/h5,9,16H,2-4H2,1H3,(H,17,18)(H,19,20)(H2,12,14,21);1H3,(H2,3,4). The molecular weight excluding hydrogens is 354 g/mol. The summed E-state index contributed by atoms with van der Waals surface area (Å²) in [6.45, 7) is 2.36. The predicted molar refractivity (Wildman–Crippen MR) is 83.6 cm³/mol. The van der Waals surface area contributed by atoms with Gasteiger partial charge in [0.15, 0.2) is 11.9 Å². The van der Waals surface area contributed by atoms with Crippen LogP contribution in [0.25, 0.3) is 0 Å². The molecule has 1 heterocycles. The van der Waals surface area contributed by atoms with Crippen molar-refractivity contribution in [2.45, 2.75) is 45.4 Å². The number of primary amides is 1. The van der Waals surface area contributed by atoms with Crippen LogP contribution in [-0.4, -0.2) is 61.5 Å². The second kappa shape index (κ2) is 11.4. The van der Waals surface area contributed by atoms with Crippen molar-refractivity contribution in [3.63, 3.8) is 0 Å². The van der Waals surface area contributed by atoms with Crippen molar-refractivity contribution < 1.29 is 39.0 Å². The van der Waals surface area contributed by atoms with E-state index >= 15 is 0 Å². The number of carboxylic acid groups (broad SMARTS) is 2. The molecule has 0 bridgehead atoms. The average Bonchev–Trinajstić information content (AvgIpc) is 2.95. The molecule has 0 saturated carbocycles. The van der Waals surface area contributed by atoms with Crippen LogP contribution in [0.1, 0.15) is 32.0 Å². The highest BCUT2D eigenvalue weighted by molar-refractivity contribution is 5.82. The lowest BCUT2D eigenvalue weighted by atomic mass is 10.2. The van der Waals surface area contributed by atoms with E-state index in [0.29, 0.717) is 0 Å². The van der Waals surface area contributed by atoms with Gasteiger partial charge in [-0.05, 0) is 6.92 Å². The minimum atomic E-state index is -1.45. The molecule has 1 aromatic rings. The van der Waals surface area contributed by atoms with E-state index in [1.807, 2.05) is 0 Å². The van der Waals surface area contributed by atoms with Crippen molar-refractivity contribution in [3.8, 4) is 0 Å². The van der Waals surface area contributed by atoms with Crippen molar-refractivity contribution in [2.24, 2.45) is 5.73 Å². The van der Waals surface area contributed by atoms with Gasteiger partial charge in [0, 0.05) is 13.3 Å². The van der Waals surface area contributed by atoms with E-state index in [1.54, 1.807) is 0 Å². The number of aromatic nitrogens is 2. The molecule has 7 N–H and O–H groups in total. The molecule has 1 rings (SSSR count). The zero-order chi connectivity index (χ0) is 20.3. The number of hydrogen-bond donors (Lipinski definition) is 6. The van der Waals surface area contributed by atoms with E-state index in [-0.39, 0.29) is 37.0 Å². The first-order chi connectivity index (χ1) is 12.0. The number of hydrogen-bond acceptors (Lipinski definition) is 8. The van der Waals surface area contributed by atoms with Crippen LogP contribution in [-0.2, 0) is 27.3 Å². The maximum atomic E-state index is 11.5. The van der Waals surface area contributed by atoms with Crippen molar-refractivity contribution in [2.75, 3.05) is 0 Å². The highest BCUT2D eigenvalue weighted by atomic mass is 16.5. The normalized spacial score (nSPS) is 12.1. The fourth-order valence-corrected chi connectivity index (χ4v) is 1.42. The lowest BCUT2D eigenvalue weighted by molar-refractivity contribution is -0.142. The summed E-state index contributed by atoms with van der Waals surface area (Å²) >= 11 is 0. The smallest absolute Gasteiger partial charge is 0.328 e. The lowest BCUT2D eigenvalue weighted by Gasteiger charge is -2.16. The SMILES string of the molecule is CC(N)=O.CC(O)C(NC(=O)NCc1nc(CCC(=O)O)no1)C(=O)O. The molecule has 26 heavy (non-hydrogen) atoms. The Bertz CT molecular complexity index is 626. The first-order valence-corrected chi connectivity index (χ1v) is 7.27. The Labute approximate surface area is 147 Å². The number of amides is 3. The molecule has 0 radical (unpaired) electrons. The summed E-state index contributed by atoms with van der Waals surface area (Å²) in [5.74, 6) is -2.48. The number of carboxylic acids is 2. The molecule has 2 atom stereocenters. The van der Waals surface area contributed by atoms with Gasteiger partial charge >= 0.3 is 18.0 Å². The Morgan fingerprint density at radius 2 is 1.85 bits per heavy atom. The molecule has 0 aliphatic heterocycles. The highest BCUT2D eigenvalue weighted by Crippen LogP contribution is 2.00. The summed E-state index contributed by atoms with van der Waals surface area (Å²) in [4.78, 5) is 45.7. The zero-order valence-electron chi connectivity index (χ0n) is 14.1. The molecule has 0 fully saturated rings. The number of nitrogens with two attached hydrogens (primary N) is 1. The van der Waals surface area contributed by atoms with E-state index in [4.69, 9.17) is 14.7 Å². The Morgan fingerprint density at radius 3 is 2.31 bits per heavy atom. The molecule has 146 valence electrons. The Kier molecular flexibility index (Phi) is 9.95. The topological polar surface area (TPSA) is 218 Å². The fraction of sp³-hybridized carbons (Fsp3) is 0.538. The van der Waals surface area contributed by atoms with Gasteiger partial charge in [-0.15, -0.1) is 0 Å². The average molecular weight is 375 g/mol. The third kappa shape index (κ3) is 10.5. The maximum Gasteiger partial charge on any atom is 0.328 e. The fourth-order valence-electron chi connectivity index (χ4n) is 1.42. The monoisotopic (exact) mass is 375 g/mol. The molecule has 0 aromatic carbocycles. The first-order valence-electron chi connectivity index (χ1n) is 7.27. The molecule has 1 aromatic heterocycles. The number of urea groups is 1. The van der Waals surface area contributed by atoms with Crippen LogP contribution in [0.3, 0.4) is 0 Å². The van der Waals surface area contributed by atoms with Gasteiger partial charge in [-0.25, -0.2) is 9.59 Å². The number of carbonyl (C=O) groups is 4. The molecule has 13 nitrogen and oxygen atoms in total. The molecule has 0 saturated heterocycles. The van der Waals surface area contributed by atoms with Gasteiger partial charge in [-0.1, -0.05) is 5.16 Å². The predicted octanol–water partition coefficient (Wildman–Crippen LogP) is -1.79. The molecule has 0 aliphatic carbocycles. The van der Waals surface area contributed by atoms with E-state index in [1.165, 1.54) is 13.8 Å². The Hall–Kier alpha value is -3.22. The molecular formula is C13H21N5O8. The third-order valence-corrected chi connectivity index (χ3v) is 2.51. The van der Waals surface area contributed by atoms with Crippen LogP contribution in [0.15, 0.2) is 4.52 Å². The Morgan fingerprint density at radius 1 is 1.27 bits per heavy atom. The van der Waals surface area contributed by atoms with Gasteiger partial charge in [-0.3, -0.25) is 9.59 Å². The second-order valence-electron chi connectivity index (χ2n) is 4.99. The van der Waals surface area contributed by atoms with Crippen molar-refractivity contribution in [3.05, 3.63) is 11.7 Å². The van der Waals surface area contributed by atoms with Gasteiger partial charge in [0.05, 0.1) is 19.1 Å². The minimum absolute atomic E-state index is 0.0412. The number of aryl methyl sites for hydroxylation is 1. The zero-order valence-corrected chi connectivity index (χ0v) is 14.1. The number of nitrogens with one attached hydrogen (secondary N) is 2. The summed E-state index contributed by atoms with van der Waals surface area (Å²) in [5, 5.41) is 34.4. The quantitative estimate of drug-likeness (QED) is 0.299. The number of aliphatic hydroxyl groups excluding tert-OH is 1. The van der Waals surface area contributed by atoms with Crippen LogP contribution < -0.4 is 16.4 Å². The second-order valence-corrected chi connectivity index (χ2v) is 4.99. The van der Waals surface area contributed by atoms with E-state index in [2.05, 4.69) is 26.5 Å². The van der Waals surface area contributed by atoms with Crippen LogP contribution >= 0.6 is 0 Å². The largest absolute Gasteiger partial charge is 0.481 e. The van der Waals surface area contributed by atoms with Gasteiger partial charge in [0.25, 0.3) is 0 Å². The summed E-state index contributed by atoms with van der Waals surface area (Å²) < 4.78 is 4.78. The third-order valence-electron chi connectivity index (χ3n) is 2.51. The highest BCUT2D eigenvalue weighted by Gasteiger charge is 2.24. The molecule has 13 heteroatoms. The van der Waals surface area contributed by atoms with Gasteiger partial charge < -0.3 is 36.2 Å². The minimum Gasteiger partial charge on any atom is -0.481 e. The molecule has 2 unspecified atom stereocenters. The van der Waals surface area contributed by atoms with Gasteiger partial charge in [0.2, 0.25) is 11.8 Å². The lowest BCUT2D eigenvalue weighted by Crippen LogP contribution is -2.51. The van der Waals surface area contributed by atoms with E-state index in [9.17, 15) is 24.3 Å². The van der Waals surface area contributed by atoms with Crippen LogP contribution in [0.5, 0.6) is 0 Å². The number of aliphatic hydroxyl groups is 1. The van der Waals surface area contributed by atoms with Crippen LogP contribution in [0, 0.1) is 0 Å². The van der Waals surface area contributed by atoms with E-state index in [0.717, 1.165) is 0 Å². The van der Waals surface area contributed by atoms with Crippen molar-refractivity contribution in [1.82, 2.24) is 20.8 Å². The van der Waals surface area contributed by atoms with Crippen LogP contribution in [0.4, 0.5) is 4.79 Å². The molecule has 3 amide bonds. The van der Waals surface area contributed by atoms with Crippen LogP contribution in [0.2, 0.25) is 0 Å². The van der Waals surface area contributed by atoms with Gasteiger partial charge in [0.1, 0.15) is 0 Å². The Balaban J connectivity index is 0.00000141. The first kappa shape index (κ1) is 22.8. The summed E-state index contributed by atoms with van der Waals surface area (Å²) in [5.41, 5.74) is 4.47. The molecule has 0 spiro atoms. The summed E-state index contributed by atoms with van der Waals surface area (Å²) in [6.07, 6.45) is -1.33. The maximum absolute atomic E-state index is 11.5. The summed E-state index contributed by atoms with van der Waals surface area (Å²) in [6, 6.07) is -2.28. The summed E-state index contributed by atoms with van der Waals surface area (Å²) in [7, 11) is 0. The van der Waals surface area contributed by atoms with E-state index < -0.39 is 30.1 Å². The number of rotatable bonds is 8. The van der Waals surface area contributed by atoms with Gasteiger partial charge in [-0.2, -0.15) is 4.98 Å².